The predicted molar refractivity (Wildman–Crippen MR) is 98.4 cm³/mol. The van der Waals surface area contributed by atoms with Gasteiger partial charge >= 0.3 is 6.03 Å². The van der Waals surface area contributed by atoms with Gasteiger partial charge in [0, 0.05) is 30.2 Å². The van der Waals surface area contributed by atoms with E-state index in [1.807, 2.05) is 32.9 Å². The highest BCUT2D eigenvalue weighted by Crippen LogP contribution is 2.11. The Morgan fingerprint density at radius 3 is 2.44 bits per heavy atom. The molecule has 2 aromatic rings. The average Bonchev–Trinajstić information content (AvgIpc) is 2.61. The van der Waals surface area contributed by atoms with Crippen molar-refractivity contribution in [3.05, 3.63) is 59.9 Å². The summed E-state index contributed by atoms with van der Waals surface area (Å²) in [7, 11) is 0. The molecule has 1 heterocycles. The van der Waals surface area contributed by atoms with Crippen LogP contribution < -0.4 is 16.0 Å². The molecule has 1 aromatic carbocycles. The molecular formula is C19H24N4O2. The lowest BCUT2D eigenvalue weighted by atomic mass is 10.0. The summed E-state index contributed by atoms with van der Waals surface area (Å²) in [5, 5.41) is 8.56. The van der Waals surface area contributed by atoms with Gasteiger partial charge in [0.15, 0.2) is 0 Å². The molecule has 0 radical (unpaired) electrons. The summed E-state index contributed by atoms with van der Waals surface area (Å²) in [6.45, 7) is 6.40. The van der Waals surface area contributed by atoms with Gasteiger partial charge in [0.25, 0.3) is 5.91 Å². The zero-order valence-corrected chi connectivity index (χ0v) is 14.8. The number of urea groups is 1. The number of amides is 3. The lowest BCUT2D eigenvalue weighted by Gasteiger charge is -2.24. The van der Waals surface area contributed by atoms with Crippen LogP contribution >= 0.6 is 0 Å². The summed E-state index contributed by atoms with van der Waals surface area (Å²) in [5.41, 5.74) is 1.91. The predicted octanol–water partition coefficient (Wildman–Crippen LogP) is 3.32. The van der Waals surface area contributed by atoms with Gasteiger partial charge in [-0.15, -0.1) is 0 Å². The Balaban J connectivity index is 1.86. The quantitative estimate of drug-likeness (QED) is 0.754. The van der Waals surface area contributed by atoms with Crippen LogP contribution in [0.4, 0.5) is 10.5 Å². The Labute approximate surface area is 148 Å². The smallest absolute Gasteiger partial charge is 0.315 e. The summed E-state index contributed by atoms with van der Waals surface area (Å²) in [6.07, 6.45) is 3.99. The monoisotopic (exact) mass is 340 g/mol. The number of hydrogen-bond acceptors (Lipinski definition) is 3. The molecular weight excluding hydrogens is 316 g/mol. The van der Waals surface area contributed by atoms with Gasteiger partial charge in [-0.2, -0.15) is 0 Å². The molecule has 0 aliphatic heterocycles. The van der Waals surface area contributed by atoms with Gasteiger partial charge in [-0.25, -0.2) is 4.79 Å². The first-order chi connectivity index (χ1) is 11.9. The first-order valence-electron chi connectivity index (χ1n) is 8.26. The molecule has 0 atom stereocenters. The Morgan fingerprint density at radius 2 is 1.84 bits per heavy atom. The lowest BCUT2D eigenvalue weighted by Crippen LogP contribution is -2.47. The van der Waals surface area contributed by atoms with Crippen molar-refractivity contribution in [2.24, 2.45) is 0 Å². The molecule has 0 bridgehead atoms. The molecule has 1 aromatic heterocycles. The number of benzene rings is 1. The molecule has 3 N–H and O–H groups in total. The topological polar surface area (TPSA) is 83.1 Å². The van der Waals surface area contributed by atoms with Crippen molar-refractivity contribution in [2.45, 2.75) is 39.3 Å². The Hall–Kier alpha value is -2.89. The van der Waals surface area contributed by atoms with Gasteiger partial charge in [-0.3, -0.25) is 9.78 Å². The molecule has 0 spiro atoms. The van der Waals surface area contributed by atoms with Crippen molar-refractivity contribution in [1.82, 2.24) is 15.6 Å². The molecule has 25 heavy (non-hydrogen) atoms. The molecule has 0 unspecified atom stereocenters. The van der Waals surface area contributed by atoms with Gasteiger partial charge in [0.2, 0.25) is 0 Å². The van der Waals surface area contributed by atoms with Crippen LogP contribution in [0.1, 0.15) is 43.1 Å². The molecule has 0 aliphatic rings. The van der Waals surface area contributed by atoms with Crippen LogP contribution in [0.5, 0.6) is 0 Å². The largest absolute Gasteiger partial charge is 0.334 e. The van der Waals surface area contributed by atoms with Gasteiger partial charge in [-0.05, 0) is 50.1 Å². The third kappa shape index (κ3) is 5.91. The summed E-state index contributed by atoms with van der Waals surface area (Å²) in [6, 6.07) is 10.6. The summed E-state index contributed by atoms with van der Waals surface area (Å²) >= 11 is 0. The third-order valence-corrected chi connectivity index (χ3v) is 3.92. The molecule has 0 aliphatic carbocycles. The van der Waals surface area contributed by atoms with Crippen molar-refractivity contribution in [2.75, 3.05) is 5.32 Å². The van der Waals surface area contributed by atoms with E-state index in [-0.39, 0.29) is 17.5 Å². The van der Waals surface area contributed by atoms with Crippen LogP contribution in [0.15, 0.2) is 48.8 Å². The number of nitrogens with zero attached hydrogens (tertiary/aromatic N) is 1. The van der Waals surface area contributed by atoms with Crippen LogP contribution in [-0.4, -0.2) is 22.5 Å². The van der Waals surface area contributed by atoms with Crippen molar-refractivity contribution in [3.63, 3.8) is 0 Å². The Morgan fingerprint density at radius 1 is 1.12 bits per heavy atom. The zero-order chi connectivity index (χ0) is 18.3. The third-order valence-electron chi connectivity index (χ3n) is 3.92. The second kappa shape index (κ2) is 8.28. The highest BCUT2D eigenvalue weighted by atomic mass is 16.2. The van der Waals surface area contributed by atoms with Crippen molar-refractivity contribution in [3.8, 4) is 0 Å². The number of anilines is 1. The Kier molecular flexibility index (Phi) is 6.11. The fourth-order valence-corrected chi connectivity index (χ4v) is 2.03. The van der Waals surface area contributed by atoms with Crippen molar-refractivity contribution in [1.29, 1.82) is 0 Å². The minimum atomic E-state index is -0.232. The standard InChI is InChI=1S/C19H24N4O2/c1-4-19(2,3)23-18(25)21-12-14-7-9-16(10-8-14)22-17(24)15-6-5-11-20-13-15/h5-11,13H,4,12H2,1-3H3,(H,22,24)(H2,21,23,25). The molecule has 0 saturated carbocycles. The average molecular weight is 340 g/mol. The van der Waals surface area contributed by atoms with Crippen LogP contribution in [0.3, 0.4) is 0 Å². The van der Waals surface area contributed by atoms with Gasteiger partial charge in [-0.1, -0.05) is 19.1 Å². The maximum atomic E-state index is 12.1. The normalized spacial score (nSPS) is 10.8. The van der Waals surface area contributed by atoms with Crippen LogP contribution in [0.25, 0.3) is 0 Å². The summed E-state index contributed by atoms with van der Waals surface area (Å²) < 4.78 is 0. The molecule has 3 amide bonds. The zero-order valence-electron chi connectivity index (χ0n) is 14.8. The van der Waals surface area contributed by atoms with E-state index in [1.165, 1.54) is 6.20 Å². The fraction of sp³-hybridized carbons (Fsp3) is 0.316. The lowest BCUT2D eigenvalue weighted by molar-refractivity contribution is 0.102. The molecule has 0 fully saturated rings. The van der Waals surface area contributed by atoms with E-state index < -0.39 is 0 Å². The van der Waals surface area contributed by atoms with E-state index in [2.05, 4.69) is 20.9 Å². The number of rotatable bonds is 6. The molecule has 6 nitrogen and oxygen atoms in total. The van der Waals surface area contributed by atoms with Gasteiger partial charge in [0.1, 0.15) is 0 Å². The highest BCUT2D eigenvalue weighted by molar-refractivity contribution is 6.03. The number of pyridine rings is 1. The number of nitrogens with one attached hydrogen (secondary N) is 3. The van der Waals surface area contributed by atoms with E-state index in [1.54, 1.807) is 30.5 Å². The molecule has 6 heteroatoms. The van der Waals surface area contributed by atoms with E-state index >= 15 is 0 Å². The van der Waals surface area contributed by atoms with Gasteiger partial charge in [0.05, 0.1) is 5.56 Å². The SMILES string of the molecule is CCC(C)(C)NC(=O)NCc1ccc(NC(=O)c2cccnc2)cc1. The van der Waals surface area contributed by atoms with Crippen molar-refractivity contribution >= 4 is 17.6 Å². The van der Waals surface area contributed by atoms with Crippen molar-refractivity contribution < 1.29 is 9.59 Å². The van der Waals surface area contributed by atoms with E-state index in [9.17, 15) is 9.59 Å². The van der Waals surface area contributed by atoms with E-state index in [0.29, 0.717) is 17.8 Å². The number of hydrogen-bond donors (Lipinski definition) is 3. The first-order valence-corrected chi connectivity index (χ1v) is 8.26. The number of carbonyl (C=O) groups excluding carboxylic acids is 2. The number of aromatic nitrogens is 1. The maximum Gasteiger partial charge on any atom is 0.315 e. The molecule has 2 rings (SSSR count). The Bertz CT molecular complexity index is 712. The second-order valence-corrected chi connectivity index (χ2v) is 6.44. The van der Waals surface area contributed by atoms with Crippen LogP contribution in [0, 0.1) is 0 Å². The summed E-state index contributed by atoms with van der Waals surface area (Å²) in [4.78, 5) is 27.9. The molecule has 0 saturated heterocycles. The van der Waals surface area contributed by atoms with Crippen LogP contribution in [-0.2, 0) is 6.54 Å². The first kappa shape index (κ1) is 18.4. The van der Waals surface area contributed by atoms with Crippen LogP contribution in [0.2, 0.25) is 0 Å². The van der Waals surface area contributed by atoms with E-state index in [0.717, 1.165) is 12.0 Å². The maximum absolute atomic E-state index is 12.1. The molecule has 132 valence electrons. The van der Waals surface area contributed by atoms with Gasteiger partial charge < -0.3 is 16.0 Å². The summed E-state index contributed by atoms with van der Waals surface area (Å²) in [5.74, 6) is -0.208. The minimum Gasteiger partial charge on any atom is -0.334 e. The number of carbonyl (C=O) groups is 2. The fourth-order valence-electron chi connectivity index (χ4n) is 2.03. The second-order valence-electron chi connectivity index (χ2n) is 6.44. The van der Waals surface area contributed by atoms with E-state index in [4.69, 9.17) is 0 Å². The minimum absolute atomic E-state index is 0.194. The highest BCUT2D eigenvalue weighted by Gasteiger charge is 2.17.